The maximum Gasteiger partial charge on any atom is 0.354 e. The lowest BCUT2D eigenvalue weighted by atomic mass is 9.77. The smallest absolute Gasteiger partial charge is 0.354 e. The number of rotatable bonds is 9. The Labute approximate surface area is 265 Å². The molecule has 8 nitrogen and oxygen atoms in total. The Balaban J connectivity index is 1.46. The third-order valence-corrected chi connectivity index (χ3v) is 8.17. The monoisotopic (exact) mass is 613 g/mol. The number of carboxylic acids is 1. The van der Waals surface area contributed by atoms with Gasteiger partial charge in [0, 0.05) is 5.56 Å². The van der Waals surface area contributed by atoms with Crippen molar-refractivity contribution >= 4 is 17.6 Å². The van der Waals surface area contributed by atoms with Crippen molar-refractivity contribution in [2.45, 2.75) is 26.0 Å². The Morgan fingerprint density at radius 2 is 1.47 bits per heavy atom. The van der Waals surface area contributed by atoms with Crippen LogP contribution >= 0.6 is 11.6 Å². The molecular formula is C36H28ClN5O3. The largest absolute Gasteiger partial charge is 0.485 e. The van der Waals surface area contributed by atoms with E-state index in [1.54, 1.807) is 33.8 Å². The molecule has 6 aromatic rings. The van der Waals surface area contributed by atoms with Crippen molar-refractivity contribution in [2.24, 2.45) is 0 Å². The molecular weight excluding hydrogens is 586 g/mol. The van der Waals surface area contributed by atoms with Gasteiger partial charge in [-0.15, -0.1) is 0 Å². The van der Waals surface area contributed by atoms with Gasteiger partial charge in [-0.25, -0.2) is 14.2 Å². The van der Waals surface area contributed by atoms with Crippen molar-refractivity contribution in [3.63, 3.8) is 0 Å². The molecule has 0 radical (unpaired) electrons. The number of aryl methyl sites for hydroxylation is 1. The summed E-state index contributed by atoms with van der Waals surface area (Å²) in [5, 5.41) is 29.7. The molecule has 9 heteroatoms. The van der Waals surface area contributed by atoms with E-state index in [9.17, 15) is 15.2 Å². The van der Waals surface area contributed by atoms with Crippen LogP contribution in [-0.4, -0.2) is 30.6 Å². The van der Waals surface area contributed by atoms with Gasteiger partial charge in [0.2, 0.25) is 0 Å². The number of halogens is 1. The summed E-state index contributed by atoms with van der Waals surface area (Å²) in [6, 6.07) is 36.5. The molecule has 0 amide bonds. The molecule has 0 aliphatic carbocycles. The van der Waals surface area contributed by atoms with Gasteiger partial charge in [-0.3, -0.25) is 0 Å². The molecule has 1 N–H and O–H groups in total. The second-order valence-corrected chi connectivity index (χ2v) is 10.9. The summed E-state index contributed by atoms with van der Waals surface area (Å²) < 4.78 is 9.56. The van der Waals surface area contributed by atoms with Crippen molar-refractivity contribution in [1.82, 2.24) is 19.6 Å². The van der Waals surface area contributed by atoms with E-state index in [1.807, 2.05) is 105 Å². The minimum atomic E-state index is -1.13. The van der Waals surface area contributed by atoms with Crippen LogP contribution in [0.1, 0.15) is 49.7 Å². The van der Waals surface area contributed by atoms with Crippen LogP contribution in [0.3, 0.4) is 0 Å². The number of nitrogens with zero attached hydrogens (tertiary/aromatic N) is 5. The highest BCUT2D eigenvalue weighted by molar-refractivity contribution is 6.31. The molecule has 6 rings (SSSR count). The van der Waals surface area contributed by atoms with Crippen LogP contribution in [0.2, 0.25) is 5.02 Å². The number of aromatic nitrogens is 4. The fraction of sp³-hybridized carbons (Fsp3) is 0.111. The molecule has 0 saturated heterocycles. The van der Waals surface area contributed by atoms with Gasteiger partial charge in [-0.1, -0.05) is 103 Å². The standard InChI is InChI=1S/C36H28ClN5O3/c1-24-34(25(2)41(40-24)31-19-18-26(21-38)32(37)20-31)45-23-27-22-39-42(33(27)35(43)44)36(28-12-6-3-7-13-28,29-14-8-4-9-15-29)30-16-10-5-11-17-30/h3-20,22H,23H2,1-2H3,(H,43,44). The number of benzene rings is 4. The molecule has 0 spiro atoms. The first-order valence-corrected chi connectivity index (χ1v) is 14.6. The fourth-order valence-corrected chi connectivity index (χ4v) is 6.06. The summed E-state index contributed by atoms with van der Waals surface area (Å²) in [6.07, 6.45) is 1.56. The van der Waals surface area contributed by atoms with E-state index in [4.69, 9.17) is 21.4 Å². The number of hydrogen-bond donors (Lipinski definition) is 1. The predicted octanol–water partition coefficient (Wildman–Crippen LogP) is 7.33. The third-order valence-electron chi connectivity index (χ3n) is 7.85. The topological polar surface area (TPSA) is 106 Å². The number of nitriles is 1. The summed E-state index contributed by atoms with van der Waals surface area (Å²) in [4.78, 5) is 13.1. The average molecular weight is 614 g/mol. The van der Waals surface area contributed by atoms with Gasteiger partial charge in [-0.2, -0.15) is 15.5 Å². The molecule has 0 atom stereocenters. The number of carboxylic acid groups (broad SMARTS) is 1. The second-order valence-electron chi connectivity index (χ2n) is 10.5. The van der Waals surface area contributed by atoms with Gasteiger partial charge >= 0.3 is 5.97 Å². The zero-order valence-electron chi connectivity index (χ0n) is 24.6. The van der Waals surface area contributed by atoms with E-state index >= 15 is 0 Å². The highest BCUT2D eigenvalue weighted by Gasteiger charge is 2.42. The third kappa shape index (κ3) is 5.13. The van der Waals surface area contributed by atoms with Gasteiger partial charge < -0.3 is 9.84 Å². The SMILES string of the molecule is Cc1nn(-c2ccc(C#N)c(Cl)c2)c(C)c1OCc1cnn(C(c2ccccc2)(c2ccccc2)c2ccccc2)c1C(=O)O. The van der Waals surface area contributed by atoms with Crippen LogP contribution in [0.25, 0.3) is 5.69 Å². The van der Waals surface area contributed by atoms with Crippen LogP contribution in [0.4, 0.5) is 0 Å². The second kappa shape index (κ2) is 12.2. The maximum absolute atomic E-state index is 13.1. The molecule has 2 aromatic heterocycles. The quantitative estimate of drug-likeness (QED) is 0.171. The van der Waals surface area contributed by atoms with Crippen LogP contribution in [0.5, 0.6) is 5.75 Å². The summed E-state index contributed by atoms with van der Waals surface area (Å²) in [7, 11) is 0. The Kier molecular flexibility index (Phi) is 7.95. The van der Waals surface area contributed by atoms with Gasteiger partial charge in [0.15, 0.2) is 11.4 Å². The van der Waals surface area contributed by atoms with E-state index in [-0.39, 0.29) is 12.3 Å². The predicted molar refractivity (Wildman–Crippen MR) is 171 cm³/mol. The fourth-order valence-electron chi connectivity index (χ4n) is 5.84. The lowest BCUT2D eigenvalue weighted by Gasteiger charge is -2.37. The van der Waals surface area contributed by atoms with Crippen molar-refractivity contribution in [3.8, 4) is 17.5 Å². The minimum Gasteiger partial charge on any atom is -0.485 e. The molecule has 0 aliphatic heterocycles. The first-order valence-electron chi connectivity index (χ1n) is 14.2. The summed E-state index contributed by atoms with van der Waals surface area (Å²) >= 11 is 6.28. The zero-order chi connectivity index (χ0) is 31.6. The summed E-state index contributed by atoms with van der Waals surface area (Å²) in [5.74, 6) is -0.616. The number of ether oxygens (including phenoxy) is 1. The normalized spacial score (nSPS) is 11.2. The zero-order valence-corrected chi connectivity index (χ0v) is 25.3. The first-order chi connectivity index (χ1) is 21.9. The minimum absolute atomic E-state index is 0.00753. The van der Waals surface area contributed by atoms with Gasteiger partial charge in [0.05, 0.1) is 28.2 Å². The van der Waals surface area contributed by atoms with E-state index in [2.05, 4.69) is 11.2 Å². The van der Waals surface area contributed by atoms with Crippen molar-refractivity contribution < 1.29 is 14.6 Å². The summed E-state index contributed by atoms with van der Waals surface area (Å²) in [5.41, 5.74) is 4.24. The average Bonchev–Trinajstić information content (AvgIpc) is 3.62. The molecule has 0 bridgehead atoms. The molecule has 45 heavy (non-hydrogen) atoms. The lowest BCUT2D eigenvalue weighted by Crippen LogP contribution is -2.40. The highest BCUT2D eigenvalue weighted by atomic mass is 35.5. The van der Waals surface area contributed by atoms with Crippen molar-refractivity contribution in [3.05, 3.63) is 165 Å². The van der Waals surface area contributed by atoms with Crippen LogP contribution < -0.4 is 4.74 Å². The molecule has 0 unspecified atom stereocenters. The Morgan fingerprint density at radius 3 is 1.96 bits per heavy atom. The molecule has 0 fully saturated rings. The first kappa shape index (κ1) is 29.4. The molecule has 0 saturated carbocycles. The number of hydrogen-bond acceptors (Lipinski definition) is 5. The lowest BCUT2D eigenvalue weighted by molar-refractivity contribution is 0.0676. The van der Waals surface area contributed by atoms with E-state index in [0.29, 0.717) is 39.0 Å². The molecule has 4 aromatic carbocycles. The van der Waals surface area contributed by atoms with Crippen LogP contribution in [0.15, 0.2) is 115 Å². The number of aromatic carboxylic acids is 1. The van der Waals surface area contributed by atoms with Crippen LogP contribution in [-0.2, 0) is 12.1 Å². The molecule has 222 valence electrons. The van der Waals surface area contributed by atoms with Crippen LogP contribution in [0, 0.1) is 25.2 Å². The summed E-state index contributed by atoms with van der Waals surface area (Å²) in [6.45, 7) is 3.61. The van der Waals surface area contributed by atoms with Gasteiger partial charge in [0.1, 0.15) is 23.9 Å². The van der Waals surface area contributed by atoms with E-state index in [0.717, 1.165) is 16.7 Å². The molecule has 2 heterocycles. The molecule has 0 aliphatic rings. The Morgan fingerprint density at radius 1 is 0.911 bits per heavy atom. The van der Waals surface area contributed by atoms with E-state index < -0.39 is 11.5 Å². The van der Waals surface area contributed by atoms with Crippen molar-refractivity contribution in [2.75, 3.05) is 0 Å². The highest BCUT2D eigenvalue weighted by Crippen LogP contribution is 2.42. The Bertz CT molecular complexity index is 1930. The van der Waals surface area contributed by atoms with Gasteiger partial charge in [0.25, 0.3) is 0 Å². The maximum atomic E-state index is 13.1. The number of carbonyl (C=O) groups is 1. The van der Waals surface area contributed by atoms with E-state index in [1.165, 1.54) is 0 Å². The van der Waals surface area contributed by atoms with Crippen molar-refractivity contribution in [1.29, 1.82) is 5.26 Å². The Hall–Kier alpha value is -5.65. The van der Waals surface area contributed by atoms with Gasteiger partial charge in [-0.05, 0) is 48.7 Å².